The number of likely N-dealkylation sites (N-methyl/N-ethyl adjacent to an activating group) is 2. The lowest BCUT2D eigenvalue weighted by Crippen LogP contribution is -2.57. The van der Waals surface area contributed by atoms with Gasteiger partial charge in [-0.05, 0) is 257 Å². The molecule has 2 aliphatic heterocycles. The third-order valence-electron chi connectivity index (χ3n) is 26.7. The smallest absolute Gasteiger partial charge is 0.333 e. The van der Waals surface area contributed by atoms with E-state index < -0.39 is 91.6 Å². The average molecular weight is 1930 g/mol. The minimum Gasteiger partial charge on any atom is -0.383 e. The molecule has 4 aromatic carbocycles. The summed E-state index contributed by atoms with van der Waals surface area (Å²) in [6.45, 7) is 4.56. The number of nitrogens with zero attached hydrogens (tertiary/aromatic N) is 12. The highest BCUT2D eigenvalue weighted by molar-refractivity contribution is 7.90. The van der Waals surface area contributed by atoms with Gasteiger partial charge in [-0.3, -0.25) is 38.0 Å². The van der Waals surface area contributed by atoms with Crippen molar-refractivity contribution in [3.05, 3.63) is 160 Å². The maximum Gasteiger partial charge on any atom is 0.333 e. The summed E-state index contributed by atoms with van der Waals surface area (Å²) in [5.41, 5.74) is 22.5. The molecule has 11 amide bonds. The van der Waals surface area contributed by atoms with Gasteiger partial charge in [-0.1, -0.05) is 24.3 Å². The molecule has 8 aromatic rings. The quantitative estimate of drug-likeness (QED) is 0.0293. The number of carbonyl (C=O) groups is 7. The Hall–Kier alpha value is -11.2. The molecule has 0 bridgehead atoms. The molecule has 0 unspecified atom stereocenters. The Morgan fingerprint density at radius 2 is 0.642 bits per heavy atom. The number of amides is 11. The van der Waals surface area contributed by atoms with E-state index >= 15 is 0 Å². The van der Waals surface area contributed by atoms with E-state index in [1.807, 2.05) is 23.7 Å². The first-order chi connectivity index (χ1) is 64.0. The number of fused-ring (bicyclic) bond motifs is 8. The third kappa shape index (κ3) is 20.8. The van der Waals surface area contributed by atoms with E-state index in [4.69, 9.17) is 23.7 Å². The second-order valence-electron chi connectivity index (χ2n) is 35.5. The molecule has 44 heteroatoms. The van der Waals surface area contributed by atoms with Gasteiger partial charge >= 0.3 is 24.1 Å². The predicted octanol–water partition coefficient (Wildman–Crippen LogP) is 6.34. The number of ether oxygens (including phenoxy) is 5. The Balaban J connectivity index is 0.000000136. The van der Waals surface area contributed by atoms with Crippen LogP contribution < -0.4 is 40.2 Å². The van der Waals surface area contributed by atoms with E-state index in [9.17, 15) is 67.2 Å². The van der Waals surface area contributed by atoms with Crippen LogP contribution in [0.3, 0.4) is 0 Å². The van der Waals surface area contributed by atoms with Crippen molar-refractivity contribution in [2.75, 3.05) is 143 Å². The minimum absolute atomic E-state index is 0.0710. The lowest BCUT2D eigenvalue weighted by molar-refractivity contribution is -0.134. The van der Waals surface area contributed by atoms with Gasteiger partial charge in [0, 0.05) is 136 Å². The molecule has 2 saturated heterocycles. The zero-order chi connectivity index (χ0) is 95.5. The summed E-state index contributed by atoms with van der Waals surface area (Å²) in [5, 5.41) is 26.1. The van der Waals surface area contributed by atoms with Gasteiger partial charge in [-0.15, -0.1) is 0 Å². The Labute approximate surface area is 779 Å². The fraction of sp³-hybridized carbons (Fsp3) is 0.522. The predicted molar refractivity (Wildman–Crippen MR) is 494 cm³/mol. The van der Waals surface area contributed by atoms with E-state index in [0.717, 1.165) is 227 Å². The van der Waals surface area contributed by atoms with Crippen LogP contribution >= 0.6 is 0 Å². The van der Waals surface area contributed by atoms with Gasteiger partial charge in [0.2, 0.25) is 0 Å². The second kappa shape index (κ2) is 40.7. The molecule has 722 valence electrons. The Morgan fingerprint density at radius 1 is 0.366 bits per heavy atom. The largest absolute Gasteiger partial charge is 0.383 e. The number of hydrogen-bond acceptors (Lipinski definition) is 25. The normalized spacial score (nSPS) is 16.3. The standard InChI is InChI=1S/C24H33N5O6S.C22H27N5O5S.C22H29N5O5S.C22H29N5O4S/c1-28-20(23(30)29(10-12-34-2)11-13-35-3)15-21(26-28)36(32,33)27-24(31)25-22-18-8-4-6-16(18)14-17-7-5-9-19(17)22;1-26-18(21(28)27-8-10-32-11-9-27)13-19(24-26)33(30,31)25-22(29)23-20-16-6-2-4-14(16)12-15-5-3-7-17(15)20;1-26(10-11-32-3)21(28)18-13-19(24-27(18)2)33(30,31)25-22(29)23-20-16-8-4-6-14(16)12-15-7-5-9-17(15)20;1-26(2)22(12-31-13-22)18-11-19(24-27(18)3)32(29,30)25-21(28)23-20-16-8-4-6-14(16)10-15-7-5-9-17(15)20/h14-15H,4-13H2,1-3H3,(H2,25,27,31);12-13H,2-11H2,1H3,(H2,23,25,29);12-13H,4-11H2,1-3H3,(H2,23,25,29);10-11H,4-9,12-13H2,1-3H3,(H2,23,25,28). The average Bonchev–Trinajstić information content (AvgIpc) is 1.67. The van der Waals surface area contributed by atoms with E-state index in [1.165, 1.54) is 135 Å². The van der Waals surface area contributed by atoms with Crippen molar-refractivity contribution in [1.29, 1.82) is 0 Å². The van der Waals surface area contributed by atoms with Crippen LogP contribution in [0.2, 0.25) is 0 Å². The molecule has 6 heterocycles. The van der Waals surface area contributed by atoms with E-state index in [2.05, 4.69) is 80.1 Å². The molecule has 0 spiro atoms. The number of hydrogen-bond donors (Lipinski definition) is 8. The Morgan fingerprint density at radius 3 is 0.933 bits per heavy atom. The topological polar surface area (TPSA) is 483 Å². The van der Waals surface area contributed by atoms with Gasteiger partial charge in [0.05, 0.1) is 51.9 Å². The van der Waals surface area contributed by atoms with Crippen LogP contribution in [0.15, 0.2) is 68.6 Å². The first kappa shape index (κ1) is 97.3. The lowest BCUT2D eigenvalue weighted by Gasteiger charge is -2.46. The van der Waals surface area contributed by atoms with Gasteiger partial charge in [-0.2, -0.15) is 54.1 Å². The summed E-state index contributed by atoms with van der Waals surface area (Å²) < 4.78 is 143. The first-order valence-corrected chi connectivity index (χ1v) is 51.3. The molecule has 8 N–H and O–H groups in total. The van der Waals surface area contributed by atoms with E-state index in [0.29, 0.717) is 79.0 Å². The lowest BCUT2D eigenvalue weighted by atomic mass is 9.91. The number of rotatable bonds is 26. The molecular weight excluding hydrogens is 1810 g/mol. The van der Waals surface area contributed by atoms with Crippen molar-refractivity contribution in [2.24, 2.45) is 28.2 Å². The third-order valence-corrected chi connectivity index (χ3v) is 31.5. The van der Waals surface area contributed by atoms with Crippen molar-refractivity contribution in [3.8, 4) is 0 Å². The van der Waals surface area contributed by atoms with Crippen LogP contribution in [-0.2, 0) is 200 Å². The molecule has 4 aromatic heterocycles. The molecule has 8 aliphatic carbocycles. The number of nitrogens with one attached hydrogen (secondary N) is 8. The highest BCUT2D eigenvalue weighted by Gasteiger charge is 2.47. The molecule has 0 radical (unpaired) electrons. The number of morpholine rings is 1. The number of aryl methyl sites for hydroxylation is 12. The summed E-state index contributed by atoms with van der Waals surface area (Å²) in [7, 11) is -0.799. The second-order valence-corrected chi connectivity index (χ2v) is 42.0. The van der Waals surface area contributed by atoms with Crippen LogP contribution in [-0.4, -0.2) is 256 Å². The molecule has 18 rings (SSSR count). The summed E-state index contributed by atoms with van der Waals surface area (Å²) >= 11 is 0. The number of sulfonamides is 4. The highest BCUT2D eigenvalue weighted by atomic mass is 32.2. The monoisotopic (exact) mass is 1930 g/mol. The van der Waals surface area contributed by atoms with Crippen molar-refractivity contribution in [3.63, 3.8) is 0 Å². The zero-order valence-electron chi connectivity index (χ0n) is 77.2. The maximum absolute atomic E-state index is 13.1. The van der Waals surface area contributed by atoms with Crippen molar-refractivity contribution in [2.45, 2.75) is 180 Å². The van der Waals surface area contributed by atoms with Gasteiger partial charge in [0.1, 0.15) is 22.6 Å². The number of aromatic nitrogens is 8. The summed E-state index contributed by atoms with van der Waals surface area (Å²) in [5.74, 6) is -1.14. The van der Waals surface area contributed by atoms with Gasteiger partial charge < -0.3 is 59.7 Å². The van der Waals surface area contributed by atoms with E-state index in [1.54, 1.807) is 23.7 Å². The summed E-state index contributed by atoms with van der Waals surface area (Å²) in [4.78, 5) is 96.0. The number of carbonyl (C=O) groups excluding carboxylic acids is 7. The number of benzene rings is 4. The van der Waals surface area contributed by atoms with Gasteiger partial charge in [0.25, 0.3) is 57.8 Å². The van der Waals surface area contributed by atoms with Gasteiger partial charge in [-0.25, -0.2) is 38.1 Å². The molecule has 10 aliphatic rings. The zero-order valence-corrected chi connectivity index (χ0v) is 80.5. The van der Waals surface area contributed by atoms with Crippen molar-refractivity contribution in [1.82, 2.24) is 77.6 Å². The van der Waals surface area contributed by atoms with Crippen molar-refractivity contribution >= 4 is 105 Å². The van der Waals surface area contributed by atoms with Crippen LogP contribution in [0, 0.1) is 0 Å². The molecular formula is C90H118N20O20S4. The fourth-order valence-electron chi connectivity index (χ4n) is 19.7. The number of urea groups is 4. The number of anilines is 4. The SMILES string of the molecule is CN(C)C1(c2cc(S(=O)(=O)NC(=O)Nc3c4c(cc5c3CCC5)CCC4)nn2C)COC1.COCCN(C)C(=O)c1cc(S(=O)(=O)NC(=O)Nc2c3c(cc4c2CCC4)CCC3)nn1C.COCCN(CCOC)C(=O)c1cc(S(=O)(=O)NC(=O)Nc2c3c(cc4c2CCC4)CCC3)nn1C.Cn1nc(S(=O)(=O)NC(=O)Nc2c3c(cc4c2CCC4)CCC3)cc1C(=O)N1CCOCC1. The molecule has 0 atom stereocenters. The molecule has 40 nitrogen and oxygen atoms in total. The van der Waals surface area contributed by atoms with Gasteiger partial charge in [0.15, 0.2) is 20.1 Å². The van der Waals surface area contributed by atoms with Crippen LogP contribution in [0.25, 0.3) is 0 Å². The molecule has 134 heavy (non-hydrogen) atoms. The van der Waals surface area contributed by atoms with Crippen LogP contribution in [0.5, 0.6) is 0 Å². The maximum atomic E-state index is 13.1. The fourth-order valence-corrected chi connectivity index (χ4v) is 23.3. The summed E-state index contributed by atoms with van der Waals surface area (Å²) in [6.07, 6.45) is 23.1. The molecule has 0 saturated carbocycles. The number of methoxy groups -OCH3 is 3. The molecule has 2 fully saturated rings. The first-order valence-electron chi connectivity index (χ1n) is 45.3. The Kier molecular flexibility index (Phi) is 29.6. The Bertz CT molecular complexity index is 6270. The van der Waals surface area contributed by atoms with Crippen LogP contribution in [0.4, 0.5) is 41.9 Å². The van der Waals surface area contributed by atoms with Crippen molar-refractivity contribution < 1.29 is 90.9 Å². The summed E-state index contributed by atoms with van der Waals surface area (Å²) in [6, 6.07) is 10.8. The van der Waals surface area contributed by atoms with Crippen LogP contribution in [0.1, 0.15) is 178 Å². The minimum atomic E-state index is -4.32. The highest BCUT2D eigenvalue weighted by Crippen LogP contribution is 2.44. The van der Waals surface area contributed by atoms with E-state index in [-0.39, 0.29) is 33.0 Å².